The molecule has 0 saturated heterocycles. The quantitative estimate of drug-likeness (QED) is 0.892. The second-order valence-corrected chi connectivity index (χ2v) is 6.25. The zero-order chi connectivity index (χ0) is 13.5. The first-order valence-corrected chi connectivity index (χ1v) is 6.50. The number of aromatic amines is 1. The van der Waals surface area contributed by atoms with Crippen LogP contribution in [0.1, 0.15) is 57.0 Å². The molecule has 5 heteroatoms. The Hall–Kier alpha value is -1.39. The average molecular weight is 250 g/mol. The Morgan fingerprint density at radius 2 is 2.06 bits per heavy atom. The highest BCUT2D eigenvalue weighted by molar-refractivity contribution is 5.90. The van der Waals surface area contributed by atoms with Crippen LogP contribution in [0.2, 0.25) is 0 Å². The highest BCUT2D eigenvalue weighted by atomic mass is 16.2. The zero-order valence-corrected chi connectivity index (χ0v) is 11.8. The van der Waals surface area contributed by atoms with Gasteiger partial charge < -0.3 is 4.90 Å². The van der Waals surface area contributed by atoms with Gasteiger partial charge in [-0.15, -0.1) is 5.10 Å². The average Bonchev–Trinajstić information content (AvgIpc) is 3.01. The minimum absolute atomic E-state index is 0.0962. The van der Waals surface area contributed by atoms with Gasteiger partial charge in [0.25, 0.3) is 5.91 Å². The molecule has 1 aliphatic rings. The van der Waals surface area contributed by atoms with E-state index in [1.54, 1.807) is 4.90 Å². The summed E-state index contributed by atoms with van der Waals surface area (Å²) in [7, 11) is 1.83. The number of aromatic nitrogens is 3. The number of hydrogen-bond acceptors (Lipinski definition) is 3. The standard InChI is InChI=1S/C13H22N4O/c1-8(9-6-7-9)17(5)11(18)10-14-12(16-15-10)13(2,3)4/h8-9H,6-7H2,1-5H3,(H,14,15,16). The Kier molecular flexibility index (Phi) is 3.17. The van der Waals surface area contributed by atoms with E-state index >= 15 is 0 Å². The number of carbonyl (C=O) groups is 1. The van der Waals surface area contributed by atoms with Crippen LogP contribution in [0.15, 0.2) is 0 Å². The first-order valence-electron chi connectivity index (χ1n) is 6.50. The smallest absolute Gasteiger partial charge is 0.293 e. The van der Waals surface area contributed by atoms with E-state index in [-0.39, 0.29) is 23.2 Å². The van der Waals surface area contributed by atoms with Gasteiger partial charge in [-0.25, -0.2) is 4.98 Å². The van der Waals surface area contributed by atoms with Crippen molar-refractivity contribution in [1.29, 1.82) is 0 Å². The molecule has 1 aromatic heterocycles. The fourth-order valence-electron chi connectivity index (χ4n) is 1.93. The fraction of sp³-hybridized carbons (Fsp3) is 0.769. The van der Waals surface area contributed by atoms with Gasteiger partial charge in [-0.1, -0.05) is 20.8 Å². The molecule has 0 aliphatic heterocycles. The van der Waals surface area contributed by atoms with Gasteiger partial charge in [0, 0.05) is 18.5 Å². The maximum atomic E-state index is 12.2. The molecular formula is C13H22N4O. The van der Waals surface area contributed by atoms with Gasteiger partial charge in [-0.3, -0.25) is 9.89 Å². The van der Waals surface area contributed by atoms with Crippen LogP contribution in [0.25, 0.3) is 0 Å². The lowest BCUT2D eigenvalue weighted by molar-refractivity contribution is 0.0715. The van der Waals surface area contributed by atoms with E-state index in [1.165, 1.54) is 12.8 Å². The van der Waals surface area contributed by atoms with E-state index in [0.29, 0.717) is 5.92 Å². The lowest BCUT2D eigenvalue weighted by Gasteiger charge is -2.23. The second kappa shape index (κ2) is 4.37. The molecule has 1 N–H and O–H groups in total. The minimum Gasteiger partial charge on any atom is -0.336 e. The summed E-state index contributed by atoms with van der Waals surface area (Å²) in [5.74, 6) is 1.58. The summed E-state index contributed by atoms with van der Waals surface area (Å²) < 4.78 is 0. The zero-order valence-electron chi connectivity index (χ0n) is 11.8. The summed E-state index contributed by atoms with van der Waals surface area (Å²) >= 11 is 0. The number of nitrogens with zero attached hydrogens (tertiary/aromatic N) is 3. The summed E-state index contributed by atoms with van der Waals surface area (Å²) in [5.41, 5.74) is -0.119. The number of nitrogens with one attached hydrogen (secondary N) is 1. The van der Waals surface area contributed by atoms with Crippen LogP contribution in [0.4, 0.5) is 0 Å². The van der Waals surface area contributed by atoms with Crippen molar-refractivity contribution in [2.45, 2.75) is 52.0 Å². The molecular weight excluding hydrogens is 228 g/mol. The van der Waals surface area contributed by atoms with Gasteiger partial charge in [0.1, 0.15) is 5.82 Å². The van der Waals surface area contributed by atoms with Crippen LogP contribution in [-0.4, -0.2) is 39.1 Å². The Bertz CT molecular complexity index is 442. The normalized spacial score (nSPS) is 17.6. The molecule has 1 saturated carbocycles. The van der Waals surface area contributed by atoms with Gasteiger partial charge in [0.15, 0.2) is 0 Å². The Morgan fingerprint density at radius 3 is 2.50 bits per heavy atom. The van der Waals surface area contributed by atoms with Crippen LogP contribution in [0.3, 0.4) is 0 Å². The van der Waals surface area contributed by atoms with Gasteiger partial charge in [-0.2, -0.15) is 0 Å². The van der Waals surface area contributed by atoms with Crippen molar-refractivity contribution in [3.63, 3.8) is 0 Å². The Labute approximate surface area is 108 Å². The molecule has 2 rings (SSSR count). The number of hydrogen-bond donors (Lipinski definition) is 1. The first kappa shape index (κ1) is 13.1. The Balaban J connectivity index is 2.11. The maximum absolute atomic E-state index is 12.2. The van der Waals surface area contributed by atoms with E-state index in [1.807, 2.05) is 27.8 Å². The fourth-order valence-corrected chi connectivity index (χ4v) is 1.93. The molecule has 1 aliphatic carbocycles. The number of carbonyl (C=O) groups excluding carboxylic acids is 1. The van der Waals surface area contributed by atoms with E-state index < -0.39 is 0 Å². The third-order valence-electron chi connectivity index (χ3n) is 3.62. The van der Waals surface area contributed by atoms with E-state index in [4.69, 9.17) is 0 Å². The van der Waals surface area contributed by atoms with Crippen molar-refractivity contribution in [2.75, 3.05) is 7.05 Å². The van der Waals surface area contributed by atoms with Gasteiger partial charge in [-0.05, 0) is 25.7 Å². The van der Waals surface area contributed by atoms with Crippen LogP contribution in [0.5, 0.6) is 0 Å². The van der Waals surface area contributed by atoms with Crippen LogP contribution < -0.4 is 0 Å². The SMILES string of the molecule is CC(C1CC1)N(C)C(=O)c1n[nH]c(C(C)(C)C)n1. The molecule has 0 radical (unpaired) electrons. The molecule has 0 aromatic carbocycles. The third kappa shape index (κ3) is 2.54. The Morgan fingerprint density at radius 1 is 1.44 bits per heavy atom. The lowest BCUT2D eigenvalue weighted by atomic mass is 9.96. The third-order valence-corrected chi connectivity index (χ3v) is 3.62. The monoisotopic (exact) mass is 250 g/mol. The molecule has 100 valence electrons. The highest BCUT2D eigenvalue weighted by Gasteiger charge is 2.34. The van der Waals surface area contributed by atoms with Crippen molar-refractivity contribution in [1.82, 2.24) is 20.1 Å². The lowest BCUT2D eigenvalue weighted by Crippen LogP contribution is -2.37. The predicted octanol–water partition coefficient (Wildman–Crippen LogP) is 1.97. The highest BCUT2D eigenvalue weighted by Crippen LogP contribution is 2.34. The van der Waals surface area contributed by atoms with Crippen molar-refractivity contribution >= 4 is 5.91 Å². The van der Waals surface area contributed by atoms with Crippen LogP contribution in [-0.2, 0) is 5.41 Å². The molecule has 1 fully saturated rings. The largest absolute Gasteiger partial charge is 0.336 e. The molecule has 18 heavy (non-hydrogen) atoms. The molecule has 0 spiro atoms. The van der Waals surface area contributed by atoms with Crippen molar-refractivity contribution in [2.24, 2.45) is 5.92 Å². The van der Waals surface area contributed by atoms with E-state index in [2.05, 4.69) is 22.1 Å². The molecule has 1 atom stereocenters. The molecule has 5 nitrogen and oxygen atoms in total. The minimum atomic E-state index is -0.119. The van der Waals surface area contributed by atoms with Crippen molar-refractivity contribution in [3.05, 3.63) is 11.6 Å². The first-order chi connectivity index (χ1) is 8.30. The molecule has 1 aromatic rings. The predicted molar refractivity (Wildman–Crippen MR) is 69.4 cm³/mol. The summed E-state index contributed by atoms with van der Waals surface area (Å²) in [4.78, 5) is 18.3. The van der Waals surface area contributed by atoms with E-state index in [9.17, 15) is 4.79 Å². The van der Waals surface area contributed by atoms with Crippen molar-refractivity contribution < 1.29 is 4.79 Å². The number of rotatable bonds is 3. The molecule has 1 amide bonds. The second-order valence-electron chi connectivity index (χ2n) is 6.25. The van der Waals surface area contributed by atoms with Crippen molar-refractivity contribution in [3.8, 4) is 0 Å². The summed E-state index contributed by atoms with van der Waals surface area (Å²) in [6, 6.07) is 0.272. The summed E-state index contributed by atoms with van der Waals surface area (Å²) in [6.07, 6.45) is 2.44. The number of H-pyrrole nitrogens is 1. The number of amides is 1. The molecule has 1 unspecified atom stereocenters. The summed E-state index contributed by atoms with van der Waals surface area (Å²) in [6.45, 7) is 8.21. The van der Waals surface area contributed by atoms with Crippen LogP contribution in [0, 0.1) is 5.92 Å². The van der Waals surface area contributed by atoms with E-state index in [0.717, 1.165) is 5.82 Å². The summed E-state index contributed by atoms with van der Waals surface area (Å²) in [5, 5.41) is 6.90. The van der Waals surface area contributed by atoms with Crippen LogP contribution >= 0.6 is 0 Å². The van der Waals surface area contributed by atoms with Gasteiger partial charge >= 0.3 is 0 Å². The topological polar surface area (TPSA) is 61.9 Å². The maximum Gasteiger partial charge on any atom is 0.293 e. The van der Waals surface area contributed by atoms with Gasteiger partial charge in [0.05, 0.1) is 0 Å². The van der Waals surface area contributed by atoms with Gasteiger partial charge in [0.2, 0.25) is 5.82 Å². The molecule has 0 bridgehead atoms. The molecule has 1 heterocycles.